The van der Waals surface area contributed by atoms with Gasteiger partial charge in [-0.05, 0) is 31.2 Å². The molecule has 0 atom stereocenters. The molecule has 0 aliphatic rings. The number of aryl methyl sites for hydroxylation is 1. The van der Waals surface area contributed by atoms with E-state index in [2.05, 4.69) is 15.3 Å². The first-order valence-electron chi connectivity index (χ1n) is 5.79. The number of hydrogen-bond acceptors (Lipinski definition) is 4. The largest absolute Gasteiger partial charge is 0.478 e. The van der Waals surface area contributed by atoms with Gasteiger partial charge in [-0.1, -0.05) is 0 Å². The third kappa shape index (κ3) is 3.28. The molecule has 8 heteroatoms. The Labute approximate surface area is 117 Å². The van der Waals surface area contributed by atoms with Crippen LogP contribution in [-0.4, -0.2) is 21.0 Å². The lowest BCUT2D eigenvalue weighted by Gasteiger charge is -2.13. The lowest BCUT2D eigenvalue weighted by atomic mass is 10.2. The van der Waals surface area contributed by atoms with E-state index in [1.165, 1.54) is 6.20 Å². The van der Waals surface area contributed by atoms with Gasteiger partial charge in [0.25, 0.3) is 0 Å². The molecular formula is C13H10F3N3O2. The third-order valence-electron chi connectivity index (χ3n) is 2.68. The smallest absolute Gasteiger partial charge is 0.433 e. The molecule has 0 saturated carbocycles. The van der Waals surface area contributed by atoms with Crippen LogP contribution in [0.1, 0.15) is 21.7 Å². The summed E-state index contributed by atoms with van der Waals surface area (Å²) in [7, 11) is 0. The number of carboxylic acid groups (broad SMARTS) is 1. The van der Waals surface area contributed by atoms with Gasteiger partial charge < -0.3 is 10.4 Å². The zero-order valence-corrected chi connectivity index (χ0v) is 10.8. The minimum atomic E-state index is -4.66. The number of aromatic carboxylic acids is 1. The van der Waals surface area contributed by atoms with Crippen molar-refractivity contribution in [2.24, 2.45) is 0 Å². The molecule has 2 aromatic rings. The van der Waals surface area contributed by atoms with Crippen molar-refractivity contribution in [3.05, 3.63) is 47.4 Å². The number of carbonyl (C=O) groups is 1. The molecule has 0 bridgehead atoms. The average molecular weight is 297 g/mol. The van der Waals surface area contributed by atoms with Crippen LogP contribution in [0.15, 0.2) is 30.5 Å². The predicted molar refractivity (Wildman–Crippen MR) is 68.5 cm³/mol. The molecule has 0 aliphatic carbocycles. The van der Waals surface area contributed by atoms with E-state index in [9.17, 15) is 18.0 Å². The van der Waals surface area contributed by atoms with E-state index >= 15 is 0 Å². The van der Waals surface area contributed by atoms with E-state index in [1.54, 1.807) is 19.1 Å². The predicted octanol–water partition coefficient (Wildman–Crippen LogP) is 3.25. The summed E-state index contributed by atoms with van der Waals surface area (Å²) in [6.07, 6.45) is -3.14. The first-order chi connectivity index (χ1) is 9.79. The Kier molecular flexibility index (Phi) is 3.79. The van der Waals surface area contributed by atoms with Gasteiger partial charge in [-0.25, -0.2) is 9.78 Å². The Morgan fingerprint density at radius 1 is 1.29 bits per heavy atom. The van der Waals surface area contributed by atoms with Crippen molar-refractivity contribution in [2.75, 3.05) is 5.32 Å². The van der Waals surface area contributed by atoms with Crippen LogP contribution in [0.2, 0.25) is 0 Å². The number of pyridine rings is 2. The second-order valence-corrected chi connectivity index (χ2v) is 4.16. The van der Waals surface area contributed by atoms with Gasteiger partial charge in [-0.3, -0.25) is 4.98 Å². The van der Waals surface area contributed by atoms with Gasteiger partial charge in [0.2, 0.25) is 0 Å². The highest BCUT2D eigenvalue weighted by molar-refractivity contribution is 5.94. The van der Waals surface area contributed by atoms with Gasteiger partial charge >= 0.3 is 12.1 Å². The number of anilines is 2. The van der Waals surface area contributed by atoms with E-state index in [1.807, 2.05) is 0 Å². The Morgan fingerprint density at radius 3 is 2.57 bits per heavy atom. The fraction of sp³-hybridized carbons (Fsp3) is 0.154. The fourth-order valence-electron chi connectivity index (χ4n) is 1.63. The SMILES string of the molecule is Cc1ncccc1Nc1nc(C(F)(F)F)ccc1C(=O)O. The molecular weight excluding hydrogens is 287 g/mol. The summed E-state index contributed by atoms with van der Waals surface area (Å²) in [6.45, 7) is 1.64. The summed E-state index contributed by atoms with van der Waals surface area (Å²) in [5.41, 5.74) is -0.636. The molecule has 0 aliphatic heterocycles. The number of aromatic nitrogens is 2. The molecule has 0 saturated heterocycles. The minimum absolute atomic E-state index is 0.355. The summed E-state index contributed by atoms with van der Waals surface area (Å²) in [5.74, 6) is -1.76. The maximum absolute atomic E-state index is 12.7. The highest BCUT2D eigenvalue weighted by atomic mass is 19.4. The van der Waals surface area contributed by atoms with Crippen LogP contribution in [0.25, 0.3) is 0 Å². The van der Waals surface area contributed by atoms with Crippen LogP contribution in [0.5, 0.6) is 0 Å². The average Bonchev–Trinajstić information content (AvgIpc) is 2.40. The number of halogens is 3. The Balaban J connectivity index is 2.49. The molecule has 0 spiro atoms. The second-order valence-electron chi connectivity index (χ2n) is 4.16. The molecule has 2 rings (SSSR count). The van der Waals surface area contributed by atoms with Crippen LogP contribution in [0, 0.1) is 6.92 Å². The number of nitrogens with one attached hydrogen (secondary N) is 1. The van der Waals surface area contributed by atoms with Crippen LogP contribution in [0.3, 0.4) is 0 Å². The lowest BCUT2D eigenvalue weighted by Crippen LogP contribution is -2.13. The zero-order valence-electron chi connectivity index (χ0n) is 10.8. The number of alkyl halides is 3. The van der Waals surface area contributed by atoms with E-state index in [0.29, 0.717) is 17.4 Å². The molecule has 0 aromatic carbocycles. The maximum atomic E-state index is 12.7. The summed E-state index contributed by atoms with van der Waals surface area (Å²) in [6, 6.07) is 4.64. The normalized spacial score (nSPS) is 11.2. The van der Waals surface area contributed by atoms with Crippen molar-refractivity contribution in [2.45, 2.75) is 13.1 Å². The second kappa shape index (κ2) is 5.39. The van der Waals surface area contributed by atoms with Crippen LogP contribution >= 0.6 is 0 Å². The van der Waals surface area contributed by atoms with Crippen molar-refractivity contribution < 1.29 is 23.1 Å². The van der Waals surface area contributed by atoms with Gasteiger partial charge in [0.15, 0.2) is 0 Å². The number of rotatable bonds is 3. The van der Waals surface area contributed by atoms with E-state index < -0.39 is 17.8 Å². The Bertz CT molecular complexity index is 687. The highest BCUT2D eigenvalue weighted by Crippen LogP contribution is 2.30. The molecule has 0 unspecified atom stereocenters. The van der Waals surface area contributed by atoms with Crippen molar-refractivity contribution in [3.63, 3.8) is 0 Å². The molecule has 2 aromatic heterocycles. The maximum Gasteiger partial charge on any atom is 0.433 e. The van der Waals surface area contributed by atoms with Crippen molar-refractivity contribution in [3.8, 4) is 0 Å². The number of carboxylic acids is 1. The minimum Gasteiger partial charge on any atom is -0.478 e. The molecule has 110 valence electrons. The first-order valence-corrected chi connectivity index (χ1v) is 5.79. The molecule has 0 radical (unpaired) electrons. The summed E-state index contributed by atoms with van der Waals surface area (Å²) >= 11 is 0. The summed E-state index contributed by atoms with van der Waals surface area (Å²) in [5, 5.41) is 11.6. The first kappa shape index (κ1) is 14.8. The van der Waals surface area contributed by atoms with Crippen LogP contribution in [0.4, 0.5) is 24.7 Å². The topological polar surface area (TPSA) is 75.1 Å². The van der Waals surface area contributed by atoms with Gasteiger partial charge in [0.05, 0.1) is 11.4 Å². The van der Waals surface area contributed by atoms with Gasteiger partial charge in [-0.2, -0.15) is 13.2 Å². The van der Waals surface area contributed by atoms with Crippen molar-refractivity contribution in [1.82, 2.24) is 9.97 Å². The molecule has 2 N–H and O–H groups in total. The molecule has 0 amide bonds. The van der Waals surface area contributed by atoms with E-state index in [0.717, 1.165) is 6.07 Å². The van der Waals surface area contributed by atoms with Crippen molar-refractivity contribution >= 4 is 17.5 Å². The lowest BCUT2D eigenvalue weighted by molar-refractivity contribution is -0.141. The summed E-state index contributed by atoms with van der Waals surface area (Å²) in [4.78, 5) is 18.4. The van der Waals surface area contributed by atoms with Crippen LogP contribution in [-0.2, 0) is 6.18 Å². The van der Waals surface area contributed by atoms with Crippen molar-refractivity contribution in [1.29, 1.82) is 0 Å². The van der Waals surface area contributed by atoms with Gasteiger partial charge in [0, 0.05) is 6.20 Å². The van der Waals surface area contributed by atoms with E-state index in [-0.39, 0.29) is 11.4 Å². The molecule has 21 heavy (non-hydrogen) atoms. The Hall–Kier alpha value is -2.64. The fourth-order valence-corrected chi connectivity index (χ4v) is 1.63. The molecule has 2 heterocycles. The van der Waals surface area contributed by atoms with Crippen LogP contribution < -0.4 is 5.32 Å². The summed E-state index contributed by atoms with van der Waals surface area (Å²) < 4.78 is 38.0. The quantitative estimate of drug-likeness (QED) is 0.909. The molecule has 5 nitrogen and oxygen atoms in total. The van der Waals surface area contributed by atoms with Gasteiger partial charge in [0.1, 0.15) is 17.1 Å². The monoisotopic (exact) mass is 297 g/mol. The highest BCUT2D eigenvalue weighted by Gasteiger charge is 2.33. The third-order valence-corrected chi connectivity index (χ3v) is 2.68. The van der Waals surface area contributed by atoms with Gasteiger partial charge in [-0.15, -0.1) is 0 Å². The standard InChI is InChI=1S/C13H10F3N3O2/c1-7-9(3-2-6-17-7)18-11-8(12(20)21)4-5-10(19-11)13(14,15)16/h2-6H,1H3,(H,18,19)(H,20,21). The number of nitrogens with zero attached hydrogens (tertiary/aromatic N) is 2. The Morgan fingerprint density at radius 2 is 2.00 bits per heavy atom. The number of hydrogen-bond donors (Lipinski definition) is 2. The zero-order chi connectivity index (χ0) is 15.6. The van der Waals surface area contributed by atoms with E-state index in [4.69, 9.17) is 5.11 Å². The molecule has 0 fully saturated rings.